The highest BCUT2D eigenvalue weighted by Gasteiger charge is 2.32. The van der Waals surface area contributed by atoms with E-state index in [0.717, 1.165) is 12.5 Å². The van der Waals surface area contributed by atoms with Gasteiger partial charge in [0.2, 0.25) is 0 Å². The lowest BCUT2D eigenvalue weighted by atomic mass is 9.99. The summed E-state index contributed by atoms with van der Waals surface area (Å²) in [7, 11) is 0. The smallest absolute Gasteiger partial charge is 0.0636 e. The van der Waals surface area contributed by atoms with E-state index < -0.39 is 0 Å². The third kappa shape index (κ3) is 3.11. The van der Waals surface area contributed by atoms with Crippen LogP contribution in [0.3, 0.4) is 0 Å². The SMILES string of the molecule is CC(C)C(NC[C@@H](C)O)C1CC1. The van der Waals surface area contributed by atoms with Gasteiger partial charge in [-0.15, -0.1) is 0 Å². The van der Waals surface area contributed by atoms with Gasteiger partial charge in [0.1, 0.15) is 0 Å². The summed E-state index contributed by atoms with van der Waals surface area (Å²) in [6.45, 7) is 7.06. The predicted octanol–water partition coefficient (Wildman–Crippen LogP) is 1.39. The highest BCUT2D eigenvalue weighted by molar-refractivity contribution is 4.88. The van der Waals surface area contributed by atoms with Crippen LogP contribution in [0.15, 0.2) is 0 Å². The largest absolute Gasteiger partial charge is 0.392 e. The van der Waals surface area contributed by atoms with Crippen molar-refractivity contribution in [3.05, 3.63) is 0 Å². The highest BCUT2D eigenvalue weighted by atomic mass is 16.3. The number of hydrogen-bond donors (Lipinski definition) is 2. The van der Waals surface area contributed by atoms with Crippen molar-refractivity contribution < 1.29 is 5.11 Å². The molecule has 0 bridgehead atoms. The van der Waals surface area contributed by atoms with Crippen LogP contribution in [0.5, 0.6) is 0 Å². The van der Waals surface area contributed by atoms with E-state index >= 15 is 0 Å². The molecular weight excluding hydrogens is 150 g/mol. The number of nitrogens with one attached hydrogen (secondary N) is 1. The second kappa shape index (κ2) is 4.24. The van der Waals surface area contributed by atoms with Gasteiger partial charge in [-0.05, 0) is 31.6 Å². The van der Waals surface area contributed by atoms with Gasteiger partial charge in [0.15, 0.2) is 0 Å². The molecule has 2 atom stereocenters. The lowest BCUT2D eigenvalue weighted by Gasteiger charge is -2.22. The molecule has 0 saturated heterocycles. The normalized spacial score (nSPS) is 22.8. The third-order valence-corrected chi connectivity index (χ3v) is 2.50. The fraction of sp³-hybridized carbons (Fsp3) is 1.00. The minimum Gasteiger partial charge on any atom is -0.392 e. The zero-order valence-corrected chi connectivity index (χ0v) is 8.38. The first-order chi connectivity index (χ1) is 5.61. The summed E-state index contributed by atoms with van der Waals surface area (Å²) in [5, 5.41) is 12.6. The number of hydrogen-bond acceptors (Lipinski definition) is 2. The van der Waals surface area contributed by atoms with Crippen LogP contribution in [0.2, 0.25) is 0 Å². The van der Waals surface area contributed by atoms with Crippen LogP contribution in [-0.4, -0.2) is 23.8 Å². The first kappa shape index (κ1) is 10.0. The van der Waals surface area contributed by atoms with Gasteiger partial charge in [0.05, 0.1) is 6.10 Å². The van der Waals surface area contributed by atoms with E-state index in [1.165, 1.54) is 12.8 Å². The molecule has 0 aromatic carbocycles. The van der Waals surface area contributed by atoms with Gasteiger partial charge >= 0.3 is 0 Å². The maximum atomic E-state index is 9.12. The molecule has 0 aliphatic heterocycles. The Morgan fingerprint density at radius 3 is 2.25 bits per heavy atom. The Balaban J connectivity index is 2.23. The number of rotatable bonds is 5. The third-order valence-electron chi connectivity index (χ3n) is 2.50. The van der Waals surface area contributed by atoms with Gasteiger partial charge in [-0.1, -0.05) is 13.8 Å². The molecule has 1 aliphatic carbocycles. The molecule has 1 aliphatic rings. The van der Waals surface area contributed by atoms with E-state index in [0.29, 0.717) is 12.0 Å². The van der Waals surface area contributed by atoms with E-state index in [1.54, 1.807) is 0 Å². The van der Waals surface area contributed by atoms with Crippen molar-refractivity contribution >= 4 is 0 Å². The van der Waals surface area contributed by atoms with Crippen molar-refractivity contribution in [2.75, 3.05) is 6.54 Å². The maximum Gasteiger partial charge on any atom is 0.0636 e. The van der Waals surface area contributed by atoms with Crippen LogP contribution in [-0.2, 0) is 0 Å². The molecule has 0 aromatic rings. The first-order valence-electron chi connectivity index (χ1n) is 5.02. The van der Waals surface area contributed by atoms with Gasteiger partial charge in [-0.3, -0.25) is 0 Å². The quantitative estimate of drug-likeness (QED) is 0.655. The molecule has 0 radical (unpaired) electrons. The van der Waals surface area contributed by atoms with Crippen molar-refractivity contribution in [3.8, 4) is 0 Å². The summed E-state index contributed by atoms with van der Waals surface area (Å²) in [4.78, 5) is 0. The van der Waals surface area contributed by atoms with Crippen molar-refractivity contribution in [1.29, 1.82) is 0 Å². The Kier molecular flexibility index (Phi) is 3.53. The molecule has 72 valence electrons. The molecule has 0 amide bonds. The molecule has 1 saturated carbocycles. The average molecular weight is 171 g/mol. The standard InChI is InChI=1S/C10H21NO/c1-7(2)10(9-4-5-9)11-6-8(3)12/h7-12H,4-6H2,1-3H3/t8-,10?/m1/s1. The second-order valence-electron chi connectivity index (χ2n) is 4.36. The molecule has 1 unspecified atom stereocenters. The van der Waals surface area contributed by atoms with Crippen LogP contribution in [0, 0.1) is 11.8 Å². The van der Waals surface area contributed by atoms with Gasteiger partial charge in [-0.25, -0.2) is 0 Å². The number of aliphatic hydroxyl groups is 1. The summed E-state index contributed by atoms with van der Waals surface area (Å²) in [6, 6.07) is 0.625. The molecule has 2 heteroatoms. The van der Waals surface area contributed by atoms with Gasteiger partial charge < -0.3 is 10.4 Å². The Hall–Kier alpha value is -0.0800. The average Bonchev–Trinajstić information content (AvgIpc) is 2.69. The van der Waals surface area contributed by atoms with Crippen molar-refractivity contribution in [2.45, 2.75) is 45.8 Å². The first-order valence-corrected chi connectivity index (χ1v) is 5.02. The van der Waals surface area contributed by atoms with Crippen LogP contribution in [0.1, 0.15) is 33.6 Å². The minimum absolute atomic E-state index is 0.218. The zero-order chi connectivity index (χ0) is 9.14. The van der Waals surface area contributed by atoms with E-state index in [4.69, 9.17) is 5.11 Å². The van der Waals surface area contributed by atoms with Gasteiger partial charge in [0, 0.05) is 12.6 Å². The molecule has 1 fully saturated rings. The highest BCUT2D eigenvalue weighted by Crippen LogP contribution is 2.35. The minimum atomic E-state index is -0.218. The van der Waals surface area contributed by atoms with E-state index in [-0.39, 0.29) is 6.10 Å². The summed E-state index contributed by atoms with van der Waals surface area (Å²) < 4.78 is 0. The second-order valence-corrected chi connectivity index (χ2v) is 4.36. The fourth-order valence-electron chi connectivity index (χ4n) is 1.71. The summed E-state index contributed by atoms with van der Waals surface area (Å²) in [5.74, 6) is 1.57. The van der Waals surface area contributed by atoms with Crippen molar-refractivity contribution in [2.24, 2.45) is 11.8 Å². The lowest BCUT2D eigenvalue weighted by molar-refractivity contribution is 0.178. The van der Waals surface area contributed by atoms with E-state index in [1.807, 2.05) is 6.92 Å². The molecule has 0 aromatic heterocycles. The fourth-order valence-corrected chi connectivity index (χ4v) is 1.71. The Bertz CT molecular complexity index is 128. The lowest BCUT2D eigenvalue weighted by Crippen LogP contribution is -2.39. The Labute approximate surface area is 75.4 Å². The van der Waals surface area contributed by atoms with Crippen LogP contribution < -0.4 is 5.32 Å². The maximum absolute atomic E-state index is 9.12. The van der Waals surface area contributed by atoms with Crippen molar-refractivity contribution in [1.82, 2.24) is 5.32 Å². The van der Waals surface area contributed by atoms with Crippen LogP contribution >= 0.6 is 0 Å². The molecule has 12 heavy (non-hydrogen) atoms. The monoisotopic (exact) mass is 171 g/mol. The van der Waals surface area contributed by atoms with Crippen LogP contribution in [0.25, 0.3) is 0 Å². The summed E-state index contributed by atoms with van der Waals surface area (Å²) >= 11 is 0. The zero-order valence-electron chi connectivity index (χ0n) is 8.38. The molecule has 0 heterocycles. The van der Waals surface area contributed by atoms with Crippen LogP contribution in [0.4, 0.5) is 0 Å². The molecule has 1 rings (SSSR count). The van der Waals surface area contributed by atoms with Gasteiger partial charge in [0.25, 0.3) is 0 Å². The predicted molar refractivity (Wildman–Crippen MR) is 51.0 cm³/mol. The molecular formula is C10H21NO. The summed E-state index contributed by atoms with van der Waals surface area (Å²) in [5.41, 5.74) is 0. The molecule has 2 nitrogen and oxygen atoms in total. The summed E-state index contributed by atoms with van der Waals surface area (Å²) in [6.07, 6.45) is 2.52. The van der Waals surface area contributed by atoms with E-state index in [2.05, 4.69) is 19.2 Å². The van der Waals surface area contributed by atoms with E-state index in [9.17, 15) is 0 Å². The molecule has 2 N–H and O–H groups in total. The Morgan fingerprint density at radius 2 is 1.92 bits per heavy atom. The number of aliphatic hydroxyl groups excluding tert-OH is 1. The molecule has 0 spiro atoms. The topological polar surface area (TPSA) is 32.3 Å². The van der Waals surface area contributed by atoms with Crippen molar-refractivity contribution in [3.63, 3.8) is 0 Å². The Morgan fingerprint density at radius 1 is 1.33 bits per heavy atom. The van der Waals surface area contributed by atoms with Gasteiger partial charge in [-0.2, -0.15) is 0 Å².